The molecule has 2 N–H and O–H groups in total. The van der Waals surface area contributed by atoms with Crippen LogP contribution in [0.4, 0.5) is 11.4 Å². The van der Waals surface area contributed by atoms with Crippen LogP contribution in [-0.4, -0.2) is 29.3 Å². The highest BCUT2D eigenvalue weighted by Crippen LogP contribution is 2.34. The van der Waals surface area contributed by atoms with Gasteiger partial charge in [-0.05, 0) is 25.5 Å². The number of ether oxygens (including phenoxy) is 1. The predicted molar refractivity (Wildman–Crippen MR) is 73.7 cm³/mol. The molecule has 1 unspecified atom stereocenters. The van der Waals surface area contributed by atoms with Crippen LogP contribution in [-0.2, 0) is 0 Å². The lowest BCUT2D eigenvalue weighted by Crippen LogP contribution is -2.33. The lowest BCUT2D eigenvalue weighted by atomic mass is 10.0. The fraction of sp³-hybridized carbons (Fsp3) is 0.538. The van der Waals surface area contributed by atoms with Crippen LogP contribution in [0.25, 0.3) is 0 Å². The van der Waals surface area contributed by atoms with E-state index < -0.39 is 10.5 Å². The van der Waals surface area contributed by atoms with Crippen LogP contribution in [0.1, 0.15) is 26.7 Å². The molecule has 1 atom stereocenters. The molecule has 1 rings (SSSR count). The molecule has 0 saturated carbocycles. The summed E-state index contributed by atoms with van der Waals surface area (Å²) in [6.45, 7) is 3.92. The van der Waals surface area contributed by atoms with Crippen molar-refractivity contribution in [3.63, 3.8) is 0 Å². The average Bonchev–Trinajstić information content (AvgIpc) is 2.35. The summed E-state index contributed by atoms with van der Waals surface area (Å²) in [4.78, 5) is 10.6. The van der Waals surface area contributed by atoms with E-state index in [0.717, 1.165) is 6.42 Å². The van der Waals surface area contributed by atoms with E-state index in [1.165, 1.54) is 13.2 Å². The molecule has 0 fully saturated rings. The second-order valence-corrected chi connectivity index (χ2v) is 4.71. The topological polar surface area (TPSA) is 84.6 Å². The van der Waals surface area contributed by atoms with E-state index in [1.807, 2.05) is 6.92 Å². The fourth-order valence-electron chi connectivity index (χ4n) is 1.93. The van der Waals surface area contributed by atoms with Crippen LogP contribution < -0.4 is 10.1 Å². The zero-order valence-electron chi connectivity index (χ0n) is 11.5. The molecule has 0 aliphatic heterocycles. The van der Waals surface area contributed by atoms with Gasteiger partial charge in [0.2, 0.25) is 0 Å². The summed E-state index contributed by atoms with van der Waals surface area (Å²) in [5, 5.41) is 24.1. The number of nitrogens with one attached hydrogen (secondary N) is 1. The number of aliphatic hydroxyl groups is 1. The van der Waals surface area contributed by atoms with Crippen LogP contribution in [0.15, 0.2) is 18.2 Å². The first kappa shape index (κ1) is 15.2. The molecule has 0 heterocycles. The van der Waals surface area contributed by atoms with E-state index in [1.54, 1.807) is 19.1 Å². The molecule has 6 nitrogen and oxygen atoms in total. The van der Waals surface area contributed by atoms with Gasteiger partial charge in [-0.25, -0.2) is 0 Å². The number of methoxy groups -OCH3 is 1. The lowest BCUT2D eigenvalue weighted by Gasteiger charge is -2.23. The van der Waals surface area contributed by atoms with Gasteiger partial charge >= 0.3 is 5.69 Å². The first-order chi connectivity index (χ1) is 8.91. The largest absolute Gasteiger partial charge is 0.490 e. The Morgan fingerprint density at radius 1 is 1.53 bits per heavy atom. The standard InChI is InChI=1S/C13H20N2O4/c1-4-8-13(2,16)9-14-10-6-5-7-11(19-3)12(10)15(17)18/h5-7,14,16H,4,8-9H2,1-3H3. The van der Waals surface area contributed by atoms with E-state index in [2.05, 4.69) is 5.32 Å². The number of nitro benzene ring substituents is 1. The van der Waals surface area contributed by atoms with Crippen molar-refractivity contribution >= 4 is 11.4 Å². The quantitative estimate of drug-likeness (QED) is 0.586. The fourth-order valence-corrected chi connectivity index (χ4v) is 1.93. The van der Waals surface area contributed by atoms with Crippen molar-refractivity contribution in [3.05, 3.63) is 28.3 Å². The van der Waals surface area contributed by atoms with Crippen molar-refractivity contribution in [1.82, 2.24) is 0 Å². The number of rotatable bonds is 7. The second-order valence-electron chi connectivity index (χ2n) is 4.71. The molecule has 0 amide bonds. The summed E-state index contributed by atoms with van der Waals surface area (Å²) in [7, 11) is 1.39. The Morgan fingerprint density at radius 3 is 2.74 bits per heavy atom. The third-order valence-corrected chi connectivity index (χ3v) is 2.85. The minimum atomic E-state index is -0.897. The molecule has 6 heteroatoms. The third-order valence-electron chi connectivity index (χ3n) is 2.85. The van der Waals surface area contributed by atoms with Gasteiger partial charge in [0.1, 0.15) is 5.69 Å². The smallest absolute Gasteiger partial charge is 0.333 e. The van der Waals surface area contributed by atoms with Gasteiger partial charge in [0.05, 0.1) is 17.6 Å². The lowest BCUT2D eigenvalue weighted by molar-refractivity contribution is -0.384. The summed E-state index contributed by atoms with van der Waals surface area (Å²) < 4.78 is 4.98. The maximum atomic E-state index is 11.1. The molecular formula is C13H20N2O4. The normalized spacial score (nSPS) is 13.7. The molecule has 0 radical (unpaired) electrons. The second kappa shape index (κ2) is 6.38. The summed E-state index contributed by atoms with van der Waals surface area (Å²) in [6, 6.07) is 4.80. The molecule has 1 aromatic carbocycles. The highest BCUT2D eigenvalue weighted by atomic mass is 16.6. The van der Waals surface area contributed by atoms with Crippen molar-refractivity contribution in [2.75, 3.05) is 19.0 Å². The number of anilines is 1. The molecule has 0 saturated heterocycles. The van der Waals surface area contributed by atoms with Gasteiger partial charge in [0, 0.05) is 6.54 Å². The maximum Gasteiger partial charge on any atom is 0.333 e. The highest BCUT2D eigenvalue weighted by Gasteiger charge is 2.24. The van der Waals surface area contributed by atoms with Crippen molar-refractivity contribution in [2.24, 2.45) is 0 Å². The van der Waals surface area contributed by atoms with Gasteiger partial charge < -0.3 is 15.2 Å². The molecule has 1 aromatic rings. The maximum absolute atomic E-state index is 11.1. The summed E-state index contributed by atoms with van der Waals surface area (Å²) in [5.74, 6) is 0.199. The Labute approximate surface area is 112 Å². The molecule has 19 heavy (non-hydrogen) atoms. The van der Waals surface area contributed by atoms with Gasteiger partial charge in [-0.2, -0.15) is 0 Å². The molecule has 0 aliphatic carbocycles. The summed E-state index contributed by atoms with van der Waals surface area (Å²) >= 11 is 0. The Balaban J connectivity index is 2.92. The Bertz CT molecular complexity index is 446. The van der Waals surface area contributed by atoms with Gasteiger partial charge in [-0.3, -0.25) is 10.1 Å². The molecule has 0 bridgehead atoms. The van der Waals surface area contributed by atoms with Gasteiger partial charge in [-0.1, -0.05) is 19.4 Å². The highest BCUT2D eigenvalue weighted by molar-refractivity contribution is 5.68. The van der Waals surface area contributed by atoms with Crippen LogP contribution in [0.2, 0.25) is 0 Å². The first-order valence-electron chi connectivity index (χ1n) is 6.19. The molecule has 0 aromatic heterocycles. The Hall–Kier alpha value is -1.82. The Morgan fingerprint density at radius 2 is 2.21 bits per heavy atom. The number of nitro groups is 1. The number of benzene rings is 1. The average molecular weight is 268 g/mol. The number of hydrogen-bond acceptors (Lipinski definition) is 5. The molecule has 106 valence electrons. The van der Waals surface area contributed by atoms with Gasteiger partial charge in [0.25, 0.3) is 0 Å². The van der Waals surface area contributed by atoms with E-state index in [-0.39, 0.29) is 18.0 Å². The SMILES string of the molecule is CCCC(C)(O)CNc1cccc(OC)c1[N+](=O)[O-]. The molecule has 0 aliphatic rings. The molecule has 0 spiro atoms. The van der Waals surface area contributed by atoms with Crippen molar-refractivity contribution in [2.45, 2.75) is 32.3 Å². The van der Waals surface area contributed by atoms with E-state index in [4.69, 9.17) is 4.74 Å². The van der Waals surface area contributed by atoms with Crippen molar-refractivity contribution in [1.29, 1.82) is 0 Å². The number of hydrogen-bond donors (Lipinski definition) is 2. The van der Waals surface area contributed by atoms with E-state index >= 15 is 0 Å². The van der Waals surface area contributed by atoms with Crippen LogP contribution in [0.3, 0.4) is 0 Å². The van der Waals surface area contributed by atoms with E-state index in [9.17, 15) is 15.2 Å². The van der Waals surface area contributed by atoms with Gasteiger partial charge in [-0.15, -0.1) is 0 Å². The van der Waals surface area contributed by atoms with Gasteiger partial charge in [0.15, 0.2) is 5.75 Å². The predicted octanol–water partition coefficient (Wildman–Crippen LogP) is 2.57. The third kappa shape index (κ3) is 4.10. The molecular weight excluding hydrogens is 248 g/mol. The van der Waals surface area contributed by atoms with E-state index in [0.29, 0.717) is 12.1 Å². The Kier molecular flexibility index (Phi) is 5.11. The minimum absolute atomic E-state index is 0.114. The van der Waals surface area contributed by atoms with Crippen molar-refractivity contribution in [3.8, 4) is 5.75 Å². The number of para-hydroxylation sites is 1. The van der Waals surface area contributed by atoms with Crippen LogP contribution >= 0.6 is 0 Å². The monoisotopic (exact) mass is 268 g/mol. The van der Waals surface area contributed by atoms with Crippen LogP contribution in [0.5, 0.6) is 5.75 Å². The van der Waals surface area contributed by atoms with Crippen molar-refractivity contribution < 1.29 is 14.8 Å². The van der Waals surface area contributed by atoms with Crippen LogP contribution in [0, 0.1) is 10.1 Å². The summed E-state index contributed by atoms with van der Waals surface area (Å²) in [5.41, 5.74) is -0.663. The summed E-state index contributed by atoms with van der Waals surface area (Å²) in [6.07, 6.45) is 1.46. The zero-order valence-corrected chi connectivity index (χ0v) is 11.5. The first-order valence-corrected chi connectivity index (χ1v) is 6.19. The number of nitrogens with zero attached hydrogens (tertiary/aromatic N) is 1. The minimum Gasteiger partial charge on any atom is -0.490 e. The zero-order chi connectivity index (χ0) is 14.5.